The van der Waals surface area contributed by atoms with Gasteiger partial charge in [-0.25, -0.2) is 0 Å². The van der Waals surface area contributed by atoms with E-state index in [-0.39, 0.29) is 6.61 Å². The van der Waals surface area contributed by atoms with Crippen molar-refractivity contribution in [3.63, 3.8) is 0 Å². The van der Waals surface area contributed by atoms with Gasteiger partial charge in [-0.2, -0.15) is 0 Å². The minimum absolute atomic E-state index is 0.132. The first kappa shape index (κ1) is 12.9. The van der Waals surface area contributed by atoms with Crippen molar-refractivity contribution in [3.8, 4) is 0 Å². The average molecular weight is 215 g/mol. The first-order valence-corrected chi connectivity index (χ1v) is 6.26. The van der Waals surface area contributed by atoms with Gasteiger partial charge in [0.2, 0.25) is 0 Å². The summed E-state index contributed by atoms with van der Waals surface area (Å²) >= 11 is 0. The lowest BCUT2D eigenvalue weighted by molar-refractivity contribution is 0.0897. The molecule has 1 fully saturated rings. The largest absolute Gasteiger partial charge is 0.394 e. The fourth-order valence-electron chi connectivity index (χ4n) is 2.25. The minimum Gasteiger partial charge on any atom is -0.394 e. The van der Waals surface area contributed by atoms with Crippen molar-refractivity contribution in [3.05, 3.63) is 0 Å². The van der Waals surface area contributed by atoms with E-state index in [1.165, 1.54) is 25.7 Å². The Bertz CT molecular complexity index is 153. The van der Waals surface area contributed by atoms with Crippen LogP contribution in [0.2, 0.25) is 0 Å². The molecule has 1 saturated carbocycles. The van der Waals surface area contributed by atoms with Gasteiger partial charge in [-0.15, -0.1) is 0 Å². The molecule has 1 aliphatic carbocycles. The van der Waals surface area contributed by atoms with E-state index < -0.39 is 0 Å². The number of rotatable bonds is 7. The first-order valence-electron chi connectivity index (χ1n) is 6.26. The number of hydrogen-bond donors (Lipinski definition) is 2. The van der Waals surface area contributed by atoms with Crippen LogP contribution in [-0.4, -0.2) is 37.5 Å². The van der Waals surface area contributed by atoms with Crippen molar-refractivity contribution in [2.24, 2.45) is 5.92 Å². The molecule has 0 amide bonds. The topological polar surface area (TPSA) is 41.5 Å². The van der Waals surface area contributed by atoms with Gasteiger partial charge in [0.05, 0.1) is 13.2 Å². The molecule has 3 heteroatoms. The molecular weight excluding hydrogens is 190 g/mol. The molecule has 0 saturated heterocycles. The molecule has 0 bridgehead atoms. The third-order valence-electron chi connectivity index (χ3n) is 3.22. The first-order chi connectivity index (χ1) is 7.34. The molecule has 0 aromatic heterocycles. The second kappa shape index (κ2) is 8.08. The Hall–Kier alpha value is -0.120. The summed E-state index contributed by atoms with van der Waals surface area (Å²) in [4.78, 5) is 0. The highest BCUT2D eigenvalue weighted by Crippen LogP contribution is 2.23. The zero-order valence-corrected chi connectivity index (χ0v) is 9.87. The van der Waals surface area contributed by atoms with Gasteiger partial charge in [0.15, 0.2) is 0 Å². The van der Waals surface area contributed by atoms with Crippen LogP contribution in [0.15, 0.2) is 0 Å². The molecule has 0 aromatic carbocycles. The molecule has 0 heterocycles. The number of ether oxygens (including phenoxy) is 1. The summed E-state index contributed by atoms with van der Waals surface area (Å²) in [5.41, 5.74) is 0. The maximum atomic E-state index is 8.52. The van der Waals surface area contributed by atoms with Gasteiger partial charge in [0.25, 0.3) is 0 Å². The standard InChI is InChI=1S/C12H25NO2/c1-11-5-2-3-6-12(11)13-7-4-9-15-10-8-14/h11-14H,2-10H2,1H3. The maximum Gasteiger partial charge on any atom is 0.0697 e. The second-order valence-corrected chi connectivity index (χ2v) is 4.51. The summed E-state index contributed by atoms with van der Waals surface area (Å²) < 4.78 is 5.21. The van der Waals surface area contributed by atoms with Crippen LogP contribution in [0.5, 0.6) is 0 Å². The lowest BCUT2D eigenvalue weighted by atomic mass is 9.86. The van der Waals surface area contributed by atoms with Crippen LogP contribution in [0, 0.1) is 5.92 Å². The summed E-state index contributed by atoms with van der Waals surface area (Å²) in [5, 5.41) is 12.1. The van der Waals surface area contributed by atoms with Crippen LogP contribution >= 0.6 is 0 Å². The van der Waals surface area contributed by atoms with Crippen LogP contribution in [0.3, 0.4) is 0 Å². The predicted octanol–water partition coefficient (Wildman–Crippen LogP) is 1.55. The summed E-state index contributed by atoms with van der Waals surface area (Å²) in [6.07, 6.45) is 6.53. The van der Waals surface area contributed by atoms with Gasteiger partial charge < -0.3 is 15.2 Å². The summed E-state index contributed by atoms with van der Waals surface area (Å²) in [7, 11) is 0. The van der Waals surface area contributed by atoms with E-state index in [1.54, 1.807) is 0 Å². The second-order valence-electron chi connectivity index (χ2n) is 4.51. The van der Waals surface area contributed by atoms with E-state index in [9.17, 15) is 0 Å². The Morgan fingerprint density at radius 2 is 2.07 bits per heavy atom. The molecule has 0 aromatic rings. The Morgan fingerprint density at radius 1 is 1.27 bits per heavy atom. The van der Waals surface area contributed by atoms with Crippen LogP contribution in [0.1, 0.15) is 39.0 Å². The smallest absolute Gasteiger partial charge is 0.0697 e. The van der Waals surface area contributed by atoms with E-state index >= 15 is 0 Å². The van der Waals surface area contributed by atoms with Crippen molar-refractivity contribution in [2.75, 3.05) is 26.4 Å². The molecule has 2 N–H and O–H groups in total. The highest BCUT2D eigenvalue weighted by atomic mass is 16.5. The minimum atomic E-state index is 0.132. The van der Waals surface area contributed by atoms with E-state index in [1.807, 2.05) is 0 Å². The molecule has 15 heavy (non-hydrogen) atoms. The van der Waals surface area contributed by atoms with E-state index in [2.05, 4.69) is 12.2 Å². The Kier molecular flexibility index (Phi) is 6.98. The molecule has 90 valence electrons. The summed E-state index contributed by atoms with van der Waals surface area (Å²) in [5.74, 6) is 0.831. The van der Waals surface area contributed by atoms with Gasteiger partial charge in [-0.1, -0.05) is 19.8 Å². The summed E-state index contributed by atoms with van der Waals surface area (Å²) in [6, 6.07) is 0.719. The van der Waals surface area contributed by atoms with E-state index in [4.69, 9.17) is 9.84 Å². The monoisotopic (exact) mass is 215 g/mol. The third kappa shape index (κ3) is 5.50. The quantitative estimate of drug-likeness (QED) is 0.633. The van der Waals surface area contributed by atoms with Crippen LogP contribution in [0.25, 0.3) is 0 Å². The van der Waals surface area contributed by atoms with Gasteiger partial charge in [0, 0.05) is 12.6 Å². The van der Waals surface area contributed by atoms with Gasteiger partial charge in [-0.05, 0) is 31.7 Å². The summed E-state index contributed by atoms with van der Waals surface area (Å²) in [6.45, 7) is 4.75. The maximum absolute atomic E-state index is 8.52. The van der Waals surface area contributed by atoms with Crippen LogP contribution in [-0.2, 0) is 4.74 Å². The third-order valence-corrected chi connectivity index (χ3v) is 3.22. The Morgan fingerprint density at radius 3 is 2.80 bits per heavy atom. The highest BCUT2D eigenvalue weighted by Gasteiger charge is 2.19. The Labute approximate surface area is 93.2 Å². The molecule has 0 spiro atoms. The van der Waals surface area contributed by atoms with Crippen molar-refractivity contribution in [1.82, 2.24) is 5.32 Å². The molecule has 1 rings (SSSR count). The number of aliphatic hydroxyl groups excluding tert-OH is 1. The number of nitrogens with one attached hydrogen (secondary N) is 1. The van der Waals surface area contributed by atoms with Crippen LogP contribution in [0.4, 0.5) is 0 Å². The van der Waals surface area contributed by atoms with Gasteiger partial charge in [0.1, 0.15) is 0 Å². The lowest BCUT2D eigenvalue weighted by Gasteiger charge is -2.29. The SMILES string of the molecule is CC1CCCCC1NCCCOCCO. The average Bonchev–Trinajstić information content (AvgIpc) is 2.25. The fraction of sp³-hybridized carbons (Fsp3) is 1.00. The predicted molar refractivity (Wildman–Crippen MR) is 61.9 cm³/mol. The van der Waals surface area contributed by atoms with Crippen molar-refractivity contribution < 1.29 is 9.84 Å². The molecule has 2 unspecified atom stereocenters. The molecule has 3 nitrogen and oxygen atoms in total. The number of aliphatic hydroxyl groups is 1. The van der Waals surface area contributed by atoms with E-state index in [0.717, 1.165) is 31.5 Å². The highest BCUT2D eigenvalue weighted by molar-refractivity contribution is 4.77. The molecule has 2 atom stereocenters. The van der Waals surface area contributed by atoms with Crippen molar-refractivity contribution in [1.29, 1.82) is 0 Å². The molecule has 1 aliphatic rings. The zero-order chi connectivity index (χ0) is 10.9. The fourth-order valence-corrected chi connectivity index (χ4v) is 2.25. The van der Waals surface area contributed by atoms with Gasteiger partial charge >= 0.3 is 0 Å². The normalized spacial score (nSPS) is 26.8. The molecule has 0 radical (unpaired) electrons. The lowest BCUT2D eigenvalue weighted by Crippen LogP contribution is -2.38. The van der Waals surface area contributed by atoms with Crippen molar-refractivity contribution >= 4 is 0 Å². The number of hydrogen-bond acceptors (Lipinski definition) is 3. The van der Waals surface area contributed by atoms with Crippen LogP contribution < -0.4 is 5.32 Å². The van der Waals surface area contributed by atoms with Gasteiger partial charge in [-0.3, -0.25) is 0 Å². The van der Waals surface area contributed by atoms with Crippen molar-refractivity contribution in [2.45, 2.75) is 45.1 Å². The van der Waals surface area contributed by atoms with E-state index in [0.29, 0.717) is 6.61 Å². The Balaban J connectivity index is 1.94. The molecular formula is C12H25NO2. The zero-order valence-electron chi connectivity index (χ0n) is 9.87. The molecule has 0 aliphatic heterocycles.